The molecule has 29 heavy (non-hydrogen) atoms. The van der Waals surface area contributed by atoms with Crippen LogP contribution in [0.1, 0.15) is 24.3 Å². The lowest BCUT2D eigenvalue weighted by molar-refractivity contribution is 0.470. The fraction of sp³-hybridized carbons (Fsp3) is 0.435. The Bertz CT molecular complexity index is 855. The van der Waals surface area contributed by atoms with Crippen molar-refractivity contribution in [1.82, 2.24) is 10.2 Å². The lowest BCUT2D eigenvalue weighted by Crippen LogP contribution is -2.42. The highest BCUT2D eigenvalue weighted by molar-refractivity contribution is 5.80. The summed E-state index contributed by atoms with van der Waals surface area (Å²) in [5.41, 5.74) is 2.14. The summed E-state index contributed by atoms with van der Waals surface area (Å²) in [7, 11) is 1.83. The lowest BCUT2D eigenvalue weighted by atomic mass is 9.99. The van der Waals surface area contributed by atoms with Crippen LogP contribution >= 0.6 is 0 Å². The van der Waals surface area contributed by atoms with Crippen LogP contribution in [0.3, 0.4) is 0 Å². The predicted octanol–water partition coefficient (Wildman–Crippen LogP) is 3.86. The smallest absolute Gasteiger partial charge is 0.193 e. The summed E-state index contributed by atoms with van der Waals surface area (Å²) in [4.78, 5) is 8.94. The quantitative estimate of drug-likeness (QED) is 0.627. The van der Waals surface area contributed by atoms with Crippen molar-refractivity contribution in [3.63, 3.8) is 0 Å². The van der Waals surface area contributed by atoms with Gasteiger partial charge in [-0.3, -0.25) is 4.99 Å². The maximum Gasteiger partial charge on any atom is 0.193 e. The second-order valence-electron chi connectivity index (χ2n) is 7.97. The van der Waals surface area contributed by atoms with E-state index in [-0.39, 0.29) is 0 Å². The van der Waals surface area contributed by atoms with E-state index in [0.717, 1.165) is 57.2 Å². The number of aliphatic imine (C=N–C) groups is 1. The number of anilines is 1. The molecule has 2 unspecified atom stereocenters. The fourth-order valence-electron chi connectivity index (χ4n) is 4.43. The second kappa shape index (κ2) is 8.80. The predicted molar refractivity (Wildman–Crippen MR) is 113 cm³/mol. The van der Waals surface area contributed by atoms with Gasteiger partial charge < -0.3 is 15.1 Å². The molecular formula is C23H28F2N4. The minimum atomic E-state index is -0.797. The van der Waals surface area contributed by atoms with Crippen LogP contribution in [0, 0.1) is 17.6 Å². The Morgan fingerprint density at radius 1 is 1.03 bits per heavy atom. The van der Waals surface area contributed by atoms with Gasteiger partial charge in [0, 0.05) is 57.4 Å². The molecule has 1 N–H and O–H groups in total. The zero-order valence-electron chi connectivity index (χ0n) is 16.8. The number of nitrogens with zero attached hydrogens (tertiary/aromatic N) is 3. The molecule has 2 heterocycles. The highest BCUT2D eigenvalue weighted by Crippen LogP contribution is 2.27. The number of likely N-dealkylation sites (tertiary alicyclic amines) is 1. The number of hydrogen-bond acceptors (Lipinski definition) is 2. The largest absolute Gasteiger partial charge is 0.371 e. The summed E-state index contributed by atoms with van der Waals surface area (Å²) in [5.74, 6) is 0.369. The Balaban J connectivity index is 1.29. The summed E-state index contributed by atoms with van der Waals surface area (Å²) in [6.45, 7) is 4.51. The minimum Gasteiger partial charge on any atom is -0.371 e. The van der Waals surface area contributed by atoms with Gasteiger partial charge in [-0.1, -0.05) is 30.3 Å². The molecule has 0 spiro atoms. The number of guanidine groups is 1. The molecule has 4 nitrogen and oxygen atoms in total. The molecule has 6 heteroatoms. The summed E-state index contributed by atoms with van der Waals surface area (Å²) in [6.07, 6.45) is 2.16. The third-order valence-electron chi connectivity index (χ3n) is 6.07. The van der Waals surface area contributed by atoms with Gasteiger partial charge in [0.2, 0.25) is 0 Å². The first-order chi connectivity index (χ1) is 14.1. The first-order valence-corrected chi connectivity index (χ1v) is 10.3. The third-order valence-corrected chi connectivity index (χ3v) is 6.07. The molecule has 2 aliphatic rings. The number of benzene rings is 2. The van der Waals surface area contributed by atoms with Crippen LogP contribution in [0.2, 0.25) is 0 Å². The van der Waals surface area contributed by atoms with Crippen LogP contribution in [0.5, 0.6) is 0 Å². The van der Waals surface area contributed by atoms with Crippen LogP contribution < -0.4 is 10.2 Å². The highest BCUT2D eigenvalue weighted by atomic mass is 19.2. The van der Waals surface area contributed by atoms with Crippen LogP contribution in [0.25, 0.3) is 0 Å². The van der Waals surface area contributed by atoms with Crippen molar-refractivity contribution in [2.24, 2.45) is 10.9 Å². The van der Waals surface area contributed by atoms with Crippen LogP contribution in [0.15, 0.2) is 53.5 Å². The maximum atomic E-state index is 13.5. The van der Waals surface area contributed by atoms with Crippen LogP contribution in [0.4, 0.5) is 14.5 Å². The Labute approximate surface area is 171 Å². The van der Waals surface area contributed by atoms with Gasteiger partial charge in [0.1, 0.15) is 0 Å². The van der Waals surface area contributed by atoms with Crippen LogP contribution in [-0.2, 0) is 0 Å². The van der Waals surface area contributed by atoms with Crippen molar-refractivity contribution < 1.29 is 8.78 Å². The van der Waals surface area contributed by atoms with Crippen molar-refractivity contribution in [1.29, 1.82) is 0 Å². The summed E-state index contributed by atoms with van der Waals surface area (Å²) >= 11 is 0. The Morgan fingerprint density at radius 2 is 1.86 bits per heavy atom. The second-order valence-corrected chi connectivity index (χ2v) is 7.97. The van der Waals surface area contributed by atoms with E-state index in [1.165, 1.54) is 17.7 Å². The van der Waals surface area contributed by atoms with E-state index < -0.39 is 11.6 Å². The van der Waals surface area contributed by atoms with E-state index in [9.17, 15) is 8.78 Å². The summed E-state index contributed by atoms with van der Waals surface area (Å²) < 4.78 is 26.7. The topological polar surface area (TPSA) is 30.9 Å². The van der Waals surface area contributed by atoms with Crippen molar-refractivity contribution in [3.05, 3.63) is 65.7 Å². The first kappa shape index (κ1) is 19.7. The molecule has 2 aliphatic heterocycles. The van der Waals surface area contributed by atoms with Crippen molar-refractivity contribution in [2.75, 3.05) is 44.7 Å². The molecule has 154 valence electrons. The fourth-order valence-corrected chi connectivity index (χ4v) is 4.43. The number of rotatable bonds is 4. The van der Waals surface area contributed by atoms with E-state index in [1.807, 2.05) is 7.05 Å². The SMILES string of the molecule is CN=C(NCC1CCN(c2ccc(F)c(F)c2)C1)N1CCC(c2ccccc2)C1. The van der Waals surface area contributed by atoms with E-state index in [2.05, 4.69) is 50.4 Å². The zero-order valence-corrected chi connectivity index (χ0v) is 16.8. The van der Waals surface area contributed by atoms with Gasteiger partial charge in [-0.25, -0.2) is 8.78 Å². The lowest BCUT2D eigenvalue weighted by Gasteiger charge is -2.24. The van der Waals surface area contributed by atoms with Gasteiger partial charge in [-0.2, -0.15) is 0 Å². The molecule has 2 atom stereocenters. The Kier molecular flexibility index (Phi) is 5.97. The standard InChI is InChI=1S/C23H28F2N4/c1-26-23(29-12-10-19(16-29)18-5-3-2-4-6-18)27-14-17-9-11-28(15-17)20-7-8-21(24)22(25)13-20/h2-8,13,17,19H,9-12,14-16H2,1H3,(H,26,27). The van der Waals surface area contributed by atoms with Crippen molar-refractivity contribution in [3.8, 4) is 0 Å². The molecule has 0 saturated carbocycles. The molecular weight excluding hydrogens is 370 g/mol. The molecule has 0 aromatic heterocycles. The molecule has 0 aliphatic carbocycles. The number of halogens is 2. The Hall–Kier alpha value is -2.63. The highest BCUT2D eigenvalue weighted by Gasteiger charge is 2.28. The monoisotopic (exact) mass is 398 g/mol. The summed E-state index contributed by atoms with van der Waals surface area (Å²) in [6, 6.07) is 14.8. The molecule has 2 saturated heterocycles. The maximum absolute atomic E-state index is 13.5. The van der Waals surface area contributed by atoms with Crippen LogP contribution in [-0.4, -0.2) is 50.6 Å². The van der Waals surface area contributed by atoms with Gasteiger partial charge in [0.05, 0.1) is 0 Å². The van der Waals surface area contributed by atoms with E-state index in [0.29, 0.717) is 11.8 Å². The Morgan fingerprint density at radius 3 is 2.62 bits per heavy atom. The molecule has 2 aromatic rings. The molecule has 2 fully saturated rings. The van der Waals surface area contributed by atoms with Gasteiger partial charge in [-0.15, -0.1) is 0 Å². The average Bonchev–Trinajstić information content (AvgIpc) is 3.42. The molecule has 0 radical (unpaired) electrons. The molecule has 2 aromatic carbocycles. The first-order valence-electron chi connectivity index (χ1n) is 10.3. The zero-order chi connectivity index (χ0) is 20.2. The average molecular weight is 399 g/mol. The molecule has 4 rings (SSSR count). The van der Waals surface area contributed by atoms with Gasteiger partial charge in [-0.05, 0) is 36.5 Å². The molecule has 0 amide bonds. The van der Waals surface area contributed by atoms with Gasteiger partial charge in [0.25, 0.3) is 0 Å². The van der Waals surface area contributed by atoms with Crippen molar-refractivity contribution >= 4 is 11.6 Å². The normalized spacial score (nSPS) is 22.4. The third kappa shape index (κ3) is 4.52. The number of hydrogen-bond donors (Lipinski definition) is 1. The van der Waals surface area contributed by atoms with E-state index >= 15 is 0 Å². The summed E-state index contributed by atoms with van der Waals surface area (Å²) in [5, 5.41) is 3.53. The van der Waals surface area contributed by atoms with Crippen molar-refractivity contribution in [2.45, 2.75) is 18.8 Å². The molecule has 0 bridgehead atoms. The van der Waals surface area contributed by atoms with E-state index in [1.54, 1.807) is 6.07 Å². The minimum absolute atomic E-state index is 0.451. The number of nitrogens with one attached hydrogen (secondary N) is 1. The van der Waals surface area contributed by atoms with Gasteiger partial charge >= 0.3 is 0 Å². The van der Waals surface area contributed by atoms with E-state index in [4.69, 9.17) is 0 Å². The van der Waals surface area contributed by atoms with Gasteiger partial charge in [0.15, 0.2) is 17.6 Å².